The van der Waals surface area contributed by atoms with Crippen LogP contribution in [0.3, 0.4) is 0 Å². The van der Waals surface area contributed by atoms with Crippen LogP contribution in [0.5, 0.6) is 0 Å². The summed E-state index contributed by atoms with van der Waals surface area (Å²) in [5, 5.41) is 3.19. The van der Waals surface area contributed by atoms with Crippen LogP contribution in [0.15, 0.2) is 77.7 Å². The van der Waals surface area contributed by atoms with Gasteiger partial charge in [0.25, 0.3) is 10.0 Å². The molecule has 42 heavy (non-hydrogen) atoms. The number of aryl methyl sites for hydroxylation is 3. The number of nitrogens with zero attached hydrogens (tertiary/aromatic N) is 2. The molecule has 7 nitrogen and oxygen atoms in total. The maximum absolute atomic E-state index is 14.3. The molecule has 3 aromatic rings. The molecule has 0 bridgehead atoms. The van der Waals surface area contributed by atoms with Crippen molar-refractivity contribution in [2.75, 3.05) is 10.8 Å². The van der Waals surface area contributed by atoms with Crippen LogP contribution in [0.25, 0.3) is 0 Å². The van der Waals surface area contributed by atoms with Crippen molar-refractivity contribution in [3.63, 3.8) is 0 Å². The molecule has 1 N–H and O–H groups in total. The monoisotopic (exact) mass is 589 g/mol. The van der Waals surface area contributed by atoms with Crippen molar-refractivity contribution in [3.05, 3.63) is 95.1 Å². The molecule has 8 heteroatoms. The van der Waals surface area contributed by atoms with Gasteiger partial charge in [-0.25, -0.2) is 8.42 Å². The Kier molecular flexibility index (Phi) is 10.4. The lowest BCUT2D eigenvalue weighted by molar-refractivity contribution is -0.140. The molecule has 224 valence electrons. The molecule has 3 aromatic carbocycles. The zero-order chi connectivity index (χ0) is 30.3. The van der Waals surface area contributed by atoms with Gasteiger partial charge >= 0.3 is 0 Å². The summed E-state index contributed by atoms with van der Waals surface area (Å²) < 4.78 is 29.2. The summed E-state index contributed by atoms with van der Waals surface area (Å²) in [4.78, 5) is 29.6. The second kappa shape index (κ2) is 14.0. The van der Waals surface area contributed by atoms with Crippen molar-refractivity contribution in [1.29, 1.82) is 0 Å². The summed E-state index contributed by atoms with van der Waals surface area (Å²) in [6.07, 6.45) is 5.61. The fourth-order valence-electron chi connectivity index (χ4n) is 5.81. The minimum Gasteiger partial charge on any atom is -0.352 e. The Morgan fingerprint density at radius 1 is 0.857 bits per heavy atom. The molecular weight excluding hydrogens is 546 g/mol. The molecule has 0 aromatic heterocycles. The van der Waals surface area contributed by atoms with Gasteiger partial charge in [0.05, 0.1) is 10.6 Å². The zero-order valence-electron chi connectivity index (χ0n) is 25.2. The molecule has 1 saturated carbocycles. The molecule has 4 rings (SSSR count). The van der Waals surface area contributed by atoms with Crippen LogP contribution in [0.4, 0.5) is 5.69 Å². The van der Waals surface area contributed by atoms with Crippen molar-refractivity contribution < 1.29 is 18.0 Å². The van der Waals surface area contributed by atoms with Crippen LogP contribution in [0.2, 0.25) is 0 Å². The van der Waals surface area contributed by atoms with Crippen LogP contribution >= 0.6 is 0 Å². The number of benzene rings is 3. The van der Waals surface area contributed by atoms with Gasteiger partial charge in [-0.3, -0.25) is 13.9 Å². The van der Waals surface area contributed by atoms with Gasteiger partial charge in [-0.2, -0.15) is 0 Å². The quantitative estimate of drug-likeness (QED) is 0.294. The van der Waals surface area contributed by atoms with E-state index in [1.54, 1.807) is 35.2 Å². The highest BCUT2D eigenvalue weighted by atomic mass is 32.2. The maximum atomic E-state index is 14.3. The fraction of sp³-hybridized carbons (Fsp3) is 0.412. The van der Waals surface area contributed by atoms with Crippen LogP contribution in [-0.4, -0.2) is 43.8 Å². The van der Waals surface area contributed by atoms with Gasteiger partial charge in [-0.15, -0.1) is 0 Å². The largest absolute Gasteiger partial charge is 0.352 e. The van der Waals surface area contributed by atoms with Gasteiger partial charge < -0.3 is 10.2 Å². The number of carbonyl (C=O) groups excluding carboxylic acids is 2. The average molecular weight is 590 g/mol. The first kappa shape index (κ1) is 31.3. The summed E-state index contributed by atoms with van der Waals surface area (Å²) >= 11 is 0. The second-order valence-corrected chi connectivity index (χ2v) is 13.3. The maximum Gasteiger partial charge on any atom is 0.264 e. The Morgan fingerprint density at radius 2 is 1.52 bits per heavy atom. The second-order valence-electron chi connectivity index (χ2n) is 11.4. The smallest absolute Gasteiger partial charge is 0.264 e. The van der Waals surface area contributed by atoms with Crippen LogP contribution in [-0.2, 0) is 26.2 Å². The molecule has 1 unspecified atom stereocenters. The van der Waals surface area contributed by atoms with Gasteiger partial charge in [-0.05, 0) is 81.0 Å². The Bertz CT molecular complexity index is 1460. The van der Waals surface area contributed by atoms with E-state index in [1.807, 2.05) is 58.0 Å². The van der Waals surface area contributed by atoms with Gasteiger partial charge in [0.1, 0.15) is 12.6 Å². The number of anilines is 1. The van der Waals surface area contributed by atoms with Crippen molar-refractivity contribution >= 4 is 27.5 Å². The Morgan fingerprint density at radius 3 is 2.14 bits per heavy atom. The Hall–Kier alpha value is -3.65. The minimum absolute atomic E-state index is 0.0986. The molecule has 2 amide bonds. The highest BCUT2D eigenvalue weighted by molar-refractivity contribution is 7.92. The van der Waals surface area contributed by atoms with Crippen LogP contribution < -0.4 is 9.62 Å². The standard InChI is InChI=1S/C34H43N3O4S/c1-5-32(34(39)35-29-15-8-6-9-16-29)36(23-28-14-12-13-25(2)20-28)33(38)24-37(30-21-26(3)19-27(4)22-30)42(40,41)31-17-10-7-11-18-31/h7,10-14,17-22,29,32H,5-6,8-9,15-16,23-24H2,1-4H3,(H,35,39). The summed E-state index contributed by atoms with van der Waals surface area (Å²) in [5.41, 5.74) is 4.13. The minimum atomic E-state index is -4.09. The van der Waals surface area contributed by atoms with Crippen molar-refractivity contribution in [2.24, 2.45) is 0 Å². The predicted molar refractivity (Wildman–Crippen MR) is 168 cm³/mol. The van der Waals surface area contributed by atoms with E-state index >= 15 is 0 Å². The van der Waals surface area contributed by atoms with Gasteiger partial charge in [0, 0.05) is 12.6 Å². The Labute approximate surface area is 251 Å². The van der Waals surface area contributed by atoms with Gasteiger partial charge in [0.2, 0.25) is 11.8 Å². The molecule has 1 atom stereocenters. The van der Waals surface area contributed by atoms with E-state index in [1.165, 1.54) is 22.9 Å². The molecule has 0 heterocycles. The first-order valence-corrected chi connectivity index (χ1v) is 16.3. The van der Waals surface area contributed by atoms with Crippen LogP contribution in [0.1, 0.15) is 67.7 Å². The molecular formula is C34H43N3O4S. The number of rotatable bonds is 11. The average Bonchev–Trinajstić information content (AvgIpc) is 2.96. The lowest BCUT2D eigenvalue weighted by atomic mass is 9.95. The van der Waals surface area contributed by atoms with Crippen LogP contribution in [0, 0.1) is 20.8 Å². The molecule has 0 spiro atoms. The van der Waals surface area contributed by atoms with E-state index < -0.39 is 28.5 Å². The third-order valence-corrected chi connectivity index (χ3v) is 9.67. The van der Waals surface area contributed by atoms with Gasteiger partial charge in [0.15, 0.2) is 0 Å². The lowest BCUT2D eigenvalue weighted by Crippen LogP contribution is -2.54. The summed E-state index contributed by atoms with van der Waals surface area (Å²) in [6, 6.07) is 20.9. The molecule has 1 fully saturated rings. The SMILES string of the molecule is CCC(C(=O)NC1CCCCC1)N(Cc1cccc(C)c1)C(=O)CN(c1cc(C)cc(C)c1)S(=O)(=O)c1ccccc1. The summed E-state index contributed by atoms with van der Waals surface area (Å²) in [5.74, 6) is -0.616. The van der Waals surface area contributed by atoms with E-state index in [-0.39, 0.29) is 23.4 Å². The summed E-state index contributed by atoms with van der Waals surface area (Å²) in [7, 11) is -4.09. The highest BCUT2D eigenvalue weighted by Crippen LogP contribution is 2.27. The highest BCUT2D eigenvalue weighted by Gasteiger charge is 2.34. The number of sulfonamides is 1. The molecule has 1 aliphatic carbocycles. The first-order chi connectivity index (χ1) is 20.1. The van der Waals surface area contributed by atoms with Crippen molar-refractivity contribution in [3.8, 4) is 0 Å². The van der Waals surface area contributed by atoms with E-state index in [4.69, 9.17) is 0 Å². The molecule has 0 aliphatic heterocycles. The lowest BCUT2D eigenvalue weighted by Gasteiger charge is -2.34. The van der Waals surface area contributed by atoms with Crippen molar-refractivity contribution in [2.45, 2.75) is 89.7 Å². The predicted octanol–water partition coefficient (Wildman–Crippen LogP) is 6.06. The zero-order valence-corrected chi connectivity index (χ0v) is 26.0. The normalized spacial score (nSPS) is 14.7. The number of carbonyl (C=O) groups is 2. The molecule has 0 radical (unpaired) electrons. The topological polar surface area (TPSA) is 86.8 Å². The molecule has 0 saturated heterocycles. The van der Waals surface area contributed by atoms with Crippen molar-refractivity contribution in [1.82, 2.24) is 10.2 Å². The van der Waals surface area contributed by atoms with Gasteiger partial charge in [-0.1, -0.05) is 80.3 Å². The number of nitrogens with one attached hydrogen (secondary N) is 1. The molecule has 1 aliphatic rings. The Balaban J connectivity index is 1.72. The number of amides is 2. The number of hydrogen-bond donors (Lipinski definition) is 1. The summed E-state index contributed by atoms with van der Waals surface area (Å²) in [6.45, 7) is 7.44. The third kappa shape index (κ3) is 7.79. The van der Waals surface area contributed by atoms with E-state index in [9.17, 15) is 18.0 Å². The number of hydrogen-bond acceptors (Lipinski definition) is 4. The van der Waals surface area contributed by atoms with E-state index in [0.717, 1.165) is 47.9 Å². The fourth-order valence-corrected chi connectivity index (χ4v) is 7.23. The first-order valence-electron chi connectivity index (χ1n) is 14.9. The van der Waals surface area contributed by atoms with E-state index in [2.05, 4.69) is 5.32 Å². The third-order valence-electron chi connectivity index (χ3n) is 7.88. The van der Waals surface area contributed by atoms with E-state index in [0.29, 0.717) is 12.1 Å².